The molecule has 0 heterocycles. The van der Waals surface area contributed by atoms with Crippen molar-refractivity contribution < 1.29 is 5.11 Å². The molecule has 0 saturated carbocycles. The van der Waals surface area contributed by atoms with Crippen molar-refractivity contribution in [1.29, 1.82) is 0 Å². The predicted molar refractivity (Wildman–Crippen MR) is 53.5 cm³/mol. The summed E-state index contributed by atoms with van der Waals surface area (Å²) in [7, 11) is -0.553. The zero-order valence-corrected chi connectivity index (χ0v) is 9.03. The third kappa shape index (κ3) is 7.82. The Kier molecular flexibility index (Phi) is 6.57. The van der Waals surface area contributed by atoms with Gasteiger partial charge in [0.05, 0.1) is 14.9 Å². The van der Waals surface area contributed by atoms with Crippen LogP contribution in [0.2, 0.25) is 12.6 Å². The smallest absolute Gasteiger partial charge is 0.0580 e. The molecule has 0 fully saturated rings. The first-order valence-corrected chi connectivity index (χ1v) is 7.15. The molecule has 0 saturated heterocycles. The molecule has 0 aromatic carbocycles. The van der Waals surface area contributed by atoms with Crippen molar-refractivity contribution in [2.45, 2.75) is 45.4 Å². The molecule has 2 unspecified atom stereocenters. The lowest BCUT2D eigenvalue weighted by Gasteiger charge is -2.01. The van der Waals surface area contributed by atoms with Crippen LogP contribution in [-0.4, -0.2) is 20.0 Å². The first kappa shape index (κ1) is 10.9. The highest BCUT2D eigenvalue weighted by Crippen LogP contribution is 1.99. The van der Waals surface area contributed by atoms with Crippen LogP contribution in [0.1, 0.15) is 26.7 Å². The summed E-state index contributed by atoms with van der Waals surface area (Å²) < 4.78 is 0. The molecule has 0 rings (SSSR count). The molecule has 0 aliphatic carbocycles. The van der Waals surface area contributed by atoms with Gasteiger partial charge in [-0.3, -0.25) is 0 Å². The van der Waals surface area contributed by atoms with Crippen molar-refractivity contribution in [1.82, 2.24) is 0 Å². The van der Waals surface area contributed by atoms with Gasteiger partial charge in [0.2, 0.25) is 0 Å². The van der Waals surface area contributed by atoms with Crippen LogP contribution in [0.25, 0.3) is 0 Å². The second kappa shape index (κ2) is 6.62. The SMILES string of the molecule is CCC[SiH](C)C=CCC(C)O. The molecule has 0 spiro atoms. The second-order valence-electron chi connectivity index (χ2n) is 3.28. The third-order valence-corrected chi connectivity index (χ3v) is 4.10. The number of rotatable bonds is 5. The van der Waals surface area contributed by atoms with E-state index < -0.39 is 8.80 Å². The Labute approximate surface area is 71.7 Å². The van der Waals surface area contributed by atoms with Crippen LogP contribution in [0.5, 0.6) is 0 Å². The molecule has 2 atom stereocenters. The van der Waals surface area contributed by atoms with E-state index in [-0.39, 0.29) is 6.10 Å². The molecule has 11 heavy (non-hydrogen) atoms. The van der Waals surface area contributed by atoms with Gasteiger partial charge in [0, 0.05) is 0 Å². The van der Waals surface area contributed by atoms with Crippen LogP contribution in [0.4, 0.5) is 0 Å². The molecular weight excluding hydrogens is 152 g/mol. The van der Waals surface area contributed by atoms with E-state index in [0.717, 1.165) is 6.42 Å². The minimum absolute atomic E-state index is 0.172. The maximum Gasteiger partial charge on any atom is 0.0580 e. The summed E-state index contributed by atoms with van der Waals surface area (Å²) >= 11 is 0. The van der Waals surface area contributed by atoms with Gasteiger partial charge in [-0.25, -0.2) is 0 Å². The quantitative estimate of drug-likeness (QED) is 0.630. The van der Waals surface area contributed by atoms with Gasteiger partial charge < -0.3 is 5.11 Å². The minimum atomic E-state index is -0.553. The highest BCUT2D eigenvalue weighted by atomic mass is 28.3. The van der Waals surface area contributed by atoms with E-state index in [1.807, 2.05) is 6.92 Å². The van der Waals surface area contributed by atoms with Crippen LogP contribution < -0.4 is 0 Å². The molecule has 66 valence electrons. The normalized spacial score (nSPS) is 17.1. The third-order valence-electron chi connectivity index (χ3n) is 1.69. The molecule has 1 nitrogen and oxygen atoms in total. The number of aliphatic hydroxyl groups excluding tert-OH is 1. The van der Waals surface area contributed by atoms with Gasteiger partial charge in [-0.15, -0.1) is 5.70 Å². The number of hydrogen-bond acceptors (Lipinski definition) is 1. The predicted octanol–water partition coefficient (Wildman–Crippen LogP) is 2.12. The van der Waals surface area contributed by atoms with Gasteiger partial charge in [0.1, 0.15) is 0 Å². The van der Waals surface area contributed by atoms with Gasteiger partial charge in [0.15, 0.2) is 0 Å². The number of hydrogen-bond donors (Lipinski definition) is 1. The van der Waals surface area contributed by atoms with E-state index in [0.29, 0.717) is 0 Å². The van der Waals surface area contributed by atoms with Crippen molar-refractivity contribution >= 4 is 8.80 Å². The summed E-state index contributed by atoms with van der Waals surface area (Å²) in [6, 6.07) is 1.39. The topological polar surface area (TPSA) is 20.2 Å². The van der Waals surface area contributed by atoms with E-state index in [1.54, 1.807) is 0 Å². The standard InChI is InChI=1S/C9H20OSi/c1-4-7-11(3)8-5-6-9(2)10/h5,8-11H,4,6-7H2,1-3H3. The summed E-state index contributed by atoms with van der Waals surface area (Å²) in [6.07, 6.45) is 4.08. The molecule has 0 aromatic heterocycles. The molecule has 0 aromatic rings. The van der Waals surface area contributed by atoms with Crippen LogP contribution in [0.3, 0.4) is 0 Å². The molecule has 2 heteroatoms. The summed E-state index contributed by atoms with van der Waals surface area (Å²) in [5.74, 6) is 0. The maximum atomic E-state index is 8.96. The average molecular weight is 172 g/mol. The van der Waals surface area contributed by atoms with Crippen molar-refractivity contribution in [3.05, 3.63) is 11.8 Å². The van der Waals surface area contributed by atoms with Crippen LogP contribution in [-0.2, 0) is 0 Å². The second-order valence-corrected chi connectivity index (χ2v) is 6.20. The minimum Gasteiger partial charge on any atom is -0.393 e. The molecule has 0 amide bonds. The fraction of sp³-hybridized carbons (Fsp3) is 0.778. The van der Waals surface area contributed by atoms with Crippen molar-refractivity contribution in [3.8, 4) is 0 Å². The molecule has 1 N–H and O–H groups in total. The number of aliphatic hydroxyl groups is 1. The van der Waals surface area contributed by atoms with Gasteiger partial charge in [-0.1, -0.05) is 32.0 Å². The van der Waals surface area contributed by atoms with Crippen LogP contribution >= 0.6 is 0 Å². The highest BCUT2D eigenvalue weighted by molar-refractivity contribution is 6.62. The van der Waals surface area contributed by atoms with Crippen LogP contribution in [0.15, 0.2) is 11.8 Å². The van der Waals surface area contributed by atoms with E-state index in [4.69, 9.17) is 5.11 Å². The van der Waals surface area contributed by atoms with Crippen molar-refractivity contribution in [2.24, 2.45) is 0 Å². The summed E-state index contributed by atoms with van der Waals surface area (Å²) in [5.41, 5.74) is 2.33. The molecule has 0 aliphatic heterocycles. The van der Waals surface area contributed by atoms with Gasteiger partial charge >= 0.3 is 0 Å². The first-order valence-electron chi connectivity index (χ1n) is 4.51. The zero-order chi connectivity index (χ0) is 8.69. The Balaban J connectivity index is 3.39. The van der Waals surface area contributed by atoms with Gasteiger partial charge in [0.25, 0.3) is 0 Å². The summed E-state index contributed by atoms with van der Waals surface area (Å²) in [6.45, 7) is 6.41. The van der Waals surface area contributed by atoms with Crippen molar-refractivity contribution in [2.75, 3.05) is 0 Å². The fourth-order valence-corrected chi connectivity index (χ4v) is 2.78. The van der Waals surface area contributed by atoms with E-state index in [9.17, 15) is 0 Å². The van der Waals surface area contributed by atoms with Gasteiger partial charge in [-0.05, 0) is 13.3 Å². The fourth-order valence-electron chi connectivity index (χ4n) is 1.06. The lowest BCUT2D eigenvalue weighted by molar-refractivity contribution is 0.198. The van der Waals surface area contributed by atoms with Gasteiger partial charge in [-0.2, -0.15) is 0 Å². The molecule has 0 bridgehead atoms. The summed E-state index contributed by atoms with van der Waals surface area (Å²) in [4.78, 5) is 0. The van der Waals surface area contributed by atoms with E-state index in [1.165, 1.54) is 12.5 Å². The van der Waals surface area contributed by atoms with E-state index in [2.05, 4.69) is 25.2 Å². The highest BCUT2D eigenvalue weighted by Gasteiger charge is 1.96. The lowest BCUT2D eigenvalue weighted by Crippen LogP contribution is -2.02. The summed E-state index contributed by atoms with van der Waals surface area (Å²) in [5, 5.41) is 8.96. The van der Waals surface area contributed by atoms with Crippen molar-refractivity contribution in [3.63, 3.8) is 0 Å². The Morgan fingerprint density at radius 3 is 2.64 bits per heavy atom. The average Bonchev–Trinajstić information content (AvgIpc) is 1.87. The first-order chi connectivity index (χ1) is 5.16. The largest absolute Gasteiger partial charge is 0.393 e. The molecule has 0 radical (unpaired) electrons. The Morgan fingerprint density at radius 1 is 1.55 bits per heavy atom. The Bertz CT molecular complexity index is 110. The monoisotopic (exact) mass is 172 g/mol. The molecule has 0 aliphatic rings. The Morgan fingerprint density at radius 2 is 2.18 bits per heavy atom. The van der Waals surface area contributed by atoms with Crippen LogP contribution in [0, 0.1) is 0 Å². The molecular formula is C9H20OSi. The lowest BCUT2D eigenvalue weighted by atomic mass is 10.3. The zero-order valence-electron chi connectivity index (χ0n) is 7.88. The Hall–Kier alpha value is -0.0831. The maximum absolute atomic E-state index is 8.96. The van der Waals surface area contributed by atoms with E-state index >= 15 is 0 Å².